The number of morpholine rings is 1. The average Bonchev–Trinajstić information content (AvgIpc) is 2.61. The first-order chi connectivity index (χ1) is 11.7. The lowest BCUT2D eigenvalue weighted by Crippen LogP contribution is -2.44. The van der Waals surface area contributed by atoms with Crippen LogP contribution in [0, 0.1) is 5.82 Å². The lowest BCUT2D eigenvalue weighted by molar-refractivity contribution is -0.0613. The van der Waals surface area contributed by atoms with E-state index in [1.165, 1.54) is 23.8 Å². The van der Waals surface area contributed by atoms with Crippen LogP contribution in [0.4, 0.5) is 4.39 Å². The van der Waals surface area contributed by atoms with Crippen LogP contribution in [0.15, 0.2) is 54.6 Å². The quantitative estimate of drug-likeness (QED) is 0.791. The van der Waals surface area contributed by atoms with Crippen molar-refractivity contribution in [1.82, 2.24) is 4.90 Å². The van der Waals surface area contributed by atoms with Crippen LogP contribution in [-0.2, 0) is 16.0 Å². The predicted octanol–water partition coefficient (Wildman–Crippen LogP) is 2.88. The highest BCUT2D eigenvalue weighted by molar-refractivity contribution is 5.89. The van der Waals surface area contributed by atoms with Gasteiger partial charge in [0.05, 0.1) is 12.2 Å². The number of carbonyl (C=O) groups is 1. The molecule has 4 nitrogen and oxygen atoms in total. The fourth-order valence-electron chi connectivity index (χ4n) is 2.74. The molecule has 1 fully saturated rings. The van der Waals surface area contributed by atoms with Crippen molar-refractivity contribution in [2.75, 3.05) is 26.3 Å². The van der Waals surface area contributed by atoms with Gasteiger partial charge in [0.1, 0.15) is 18.5 Å². The van der Waals surface area contributed by atoms with E-state index in [2.05, 4.69) is 17.0 Å². The maximum absolute atomic E-state index is 13.6. The number of esters is 1. The van der Waals surface area contributed by atoms with Gasteiger partial charge in [-0.3, -0.25) is 4.90 Å². The summed E-state index contributed by atoms with van der Waals surface area (Å²) in [5, 5.41) is 0. The Balaban J connectivity index is 1.50. The molecule has 2 aromatic carbocycles. The fraction of sp³-hybridized carbons (Fsp3) is 0.316. The van der Waals surface area contributed by atoms with Gasteiger partial charge >= 0.3 is 5.97 Å². The van der Waals surface area contributed by atoms with Crippen molar-refractivity contribution in [3.63, 3.8) is 0 Å². The van der Waals surface area contributed by atoms with E-state index >= 15 is 0 Å². The first-order valence-electron chi connectivity index (χ1n) is 8.02. The van der Waals surface area contributed by atoms with Gasteiger partial charge in [0.15, 0.2) is 0 Å². The molecule has 1 unspecified atom stereocenters. The number of halogens is 1. The van der Waals surface area contributed by atoms with Crippen LogP contribution < -0.4 is 0 Å². The Kier molecular flexibility index (Phi) is 5.56. The number of rotatable bonds is 5. The van der Waals surface area contributed by atoms with Crippen LogP contribution in [0.25, 0.3) is 0 Å². The molecule has 2 aromatic rings. The molecule has 0 amide bonds. The first-order valence-corrected chi connectivity index (χ1v) is 8.02. The van der Waals surface area contributed by atoms with Crippen LogP contribution in [0.1, 0.15) is 15.9 Å². The molecule has 0 aromatic heterocycles. The highest BCUT2D eigenvalue weighted by Crippen LogP contribution is 2.12. The van der Waals surface area contributed by atoms with E-state index in [1.807, 2.05) is 18.2 Å². The minimum atomic E-state index is -0.656. The van der Waals surface area contributed by atoms with E-state index in [4.69, 9.17) is 9.47 Å². The summed E-state index contributed by atoms with van der Waals surface area (Å²) in [6.07, 6.45) is -0.196. The smallest absolute Gasteiger partial charge is 0.341 e. The summed E-state index contributed by atoms with van der Waals surface area (Å²) in [4.78, 5) is 14.2. The third-order valence-corrected chi connectivity index (χ3v) is 3.97. The standard InChI is InChI=1S/C19H20FNO3/c20-18-9-5-4-8-17(18)19(22)24-14-16-13-21(10-11-23-16)12-15-6-2-1-3-7-15/h1-9,16H,10-14H2. The molecule has 0 N–H and O–H groups in total. The molecule has 1 aliphatic heterocycles. The summed E-state index contributed by atoms with van der Waals surface area (Å²) >= 11 is 0. The summed E-state index contributed by atoms with van der Waals surface area (Å²) in [6.45, 7) is 3.07. The van der Waals surface area contributed by atoms with E-state index < -0.39 is 11.8 Å². The highest BCUT2D eigenvalue weighted by Gasteiger charge is 2.22. The van der Waals surface area contributed by atoms with Crippen LogP contribution in [0.3, 0.4) is 0 Å². The molecular formula is C19H20FNO3. The molecule has 0 bridgehead atoms. The largest absolute Gasteiger partial charge is 0.459 e. The van der Waals surface area contributed by atoms with Crippen molar-refractivity contribution >= 4 is 5.97 Å². The number of ether oxygens (including phenoxy) is 2. The number of benzene rings is 2. The van der Waals surface area contributed by atoms with Gasteiger partial charge in [-0.1, -0.05) is 42.5 Å². The van der Waals surface area contributed by atoms with Crippen molar-refractivity contribution in [2.45, 2.75) is 12.6 Å². The number of carbonyl (C=O) groups excluding carboxylic acids is 1. The third kappa shape index (κ3) is 4.40. The Hall–Kier alpha value is -2.24. The van der Waals surface area contributed by atoms with Gasteiger partial charge in [0.2, 0.25) is 0 Å². The minimum absolute atomic E-state index is 0.0468. The van der Waals surface area contributed by atoms with Gasteiger partial charge in [0, 0.05) is 19.6 Å². The summed E-state index contributed by atoms with van der Waals surface area (Å²) in [7, 11) is 0. The topological polar surface area (TPSA) is 38.8 Å². The first kappa shape index (κ1) is 16.6. The second kappa shape index (κ2) is 8.04. The number of hydrogen-bond donors (Lipinski definition) is 0. The average molecular weight is 329 g/mol. The molecule has 1 saturated heterocycles. The van der Waals surface area contributed by atoms with Crippen LogP contribution in [0.2, 0.25) is 0 Å². The zero-order chi connectivity index (χ0) is 16.8. The maximum atomic E-state index is 13.6. The molecule has 1 atom stereocenters. The summed E-state index contributed by atoms with van der Waals surface area (Å²) in [5.74, 6) is -1.23. The van der Waals surface area contributed by atoms with Crippen molar-refractivity contribution in [3.05, 3.63) is 71.5 Å². The van der Waals surface area contributed by atoms with Crippen molar-refractivity contribution in [3.8, 4) is 0 Å². The Morgan fingerprint density at radius 1 is 1.17 bits per heavy atom. The van der Waals surface area contributed by atoms with Crippen LogP contribution in [-0.4, -0.2) is 43.3 Å². The summed E-state index contributed by atoms with van der Waals surface area (Å²) in [5.41, 5.74) is 1.19. The Morgan fingerprint density at radius 3 is 2.71 bits per heavy atom. The second-order valence-electron chi connectivity index (χ2n) is 5.79. The Morgan fingerprint density at radius 2 is 1.92 bits per heavy atom. The van der Waals surface area contributed by atoms with Crippen molar-refractivity contribution < 1.29 is 18.7 Å². The van der Waals surface area contributed by atoms with Gasteiger partial charge in [-0.2, -0.15) is 0 Å². The molecule has 0 aliphatic carbocycles. The van der Waals surface area contributed by atoms with E-state index in [9.17, 15) is 9.18 Å². The Bertz CT molecular complexity index is 677. The molecule has 5 heteroatoms. The van der Waals surface area contributed by atoms with Crippen LogP contribution >= 0.6 is 0 Å². The monoisotopic (exact) mass is 329 g/mol. The van der Waals surface area contributed by atoms with Gasteiger partial charge in [0.25, 0.3) is 0 Å². The van der Waals surface area contributed by atoms with Crippen molar-refractivity contribution in [1.29, 1.82) is 0 Å². The lowest BCUT2D eigenvalue weighted by Gasteiger charge is -2.32. The van der Waals surface area contributed by atoms with E-state index in [-0.39, 0.29) is 18.3 Å². The van der Waals surface area contributed by atoms with Gasteiger partial charge in [-0.05, 0) is 17.7 Å². The molecular weight excluding hydrogens is 309 g/mol. The fourth-order valence-corrected chi connectivity index (χ4v) is 2.74. The molecule has 24 heavy (non-hydrogen) atoms. The van der Waals surface area contributed by atoms with Crippen molar-refractivity contribution in [2.24, 2.45) is 0 Å². The minimum Gasteiger partial charge on any atom is -0.459 e. The summed E-state index contributed by atoms with van der Waals surface area (Å²) in [6, 6.07) is 16.0. The normalized spacial score (nSPS) is 18.3. The van der Waals surface area contributed by atoms with Gasteiger partial charge < -0.3 is 9.47 Å². The zero-order valence-corrected chi connectivity index (χ0v) is 13.4. The molecule has 1 aliphatic rings. The maximum Gasteiger partial charge on any atom is 0.341 e. The predicted molar refractivity (Wildman–Crippen MR) is 88.1 cm³/mol. The lowest BCUT2D eigenvalue weighted by atomic mass is 10.2. The van der Waals surface area contributed by atoms with Gasteiger partial charge in [-0.15, -0.1) is 0 Å². The zero-order valence-electron chi connectivity index (χ0n) is 13.4. The van der Waals surface area contributed by atoms with E-state index in [0.717, 1.165) is 13.1 Å². The second-order valence-corrected chi connectivity index (χ2v) is 5.79. The van der Waals surface area contributed by atoms with Crippen LogP contribution in [0.5, 0.6) is 0 Å². The molecule has 1 heterocycles. The number of hydrogen-bond acceptors (Lipinski definition) is 4. The molecule has 0 saturated carbocycles. The van der Waals surface area contributed by atoms with Gasteiger partial charge in [-0.25, -0.2) is 9.18 Å². The van der Waals surface area contributed by atoms with E-state index in [1.54, 1.807) is 6.07 Å². The molecule has 0 spiro atoms. The third-order valence-electron chi connectivity index (χ3n) is 3.97. The Labute approximate surface area is 140 Å². The molecule has 126 valence electrons. The SMILES string of the molecule is O=C(OCC1CN(Cc2ccccc2)CCO1)c1ccccc1F. The summed E-state index contributed by atoms with van der Waals surface area (Å²) < 4.78 is 24.4. The highest BCUT2D eigenvalue weighted by atomic mass is 19.1. The van der Waals surface area contributed by atoms with E-state index in [0.29, 0.717) is 13.2 Å². The molecule has 3 rings (SSSR count). The molecule has 0 radical (unpaired) electrons. The number of nitrogens with zero attached hydrogens (tertiary/aromatic N) is 1.